The Morgan fingerprint density at radius 1 is 1.50 bits per heavy atom. The number of hydrogen-bond acceptors (Lipinski definition) is 4. The summed E-state index contributed by atoms with van der Waals surface area (Å²) >= 11 is 0. The van der Waals surface area contributed by atoms with Crippen molar-refractivity contribution in [2.75, 3.05) is 0 Å². The first kappa shape index (κ1) is 8.66. The van der Waals surface area contributed by atoms with E-state index in [1.807, 2.05) is 0 Å². The Kier molecular flexibility index (Phi) is 2.76. The molecule has 0 saturated heterocycles. The molecular formula is C6H6N2O3S. The summed E-state index contributed by atoms with van der Waals surface area (Å²) < 4.78 is 21.9. The largest absolute Gasteiger partial charge is 0.268 e. The molecule has 5 nitrogen and oxygen atoms in total. The Labute approximate surface area is 70.5 Å². The fourth-order valence-corrected chi connectivity index (χ4v) is 0.939. The Morgan fingerprint density at radius 3 is 2.75 bits per heavy atom. The van der Waals surface area contributed by atoms with Crippen molar-refractivity contribution in [2.45, 2.75) is 0 Å². The van der Waals surface area contributed by atoms with E-state index >= 15 is 0 Å². The molecule has 0 unspecified atom stereocenters. The van der Waals surface area contributed by atoms with Gasteiger partial charge in [0.25, 0.3) is 5.91 Å². The van der Waals surface area contributed by atoms with Crippen LogP contribution in [0.25, 0.3) is 0 Å². The lowest BCUT2D eigenvalue weighted by atomic mass is 10.3. The predicted molar refractivity (Wildman–Crippen MR) is 42.0 cm³/mol. The number of thiol groups is 1. The Bertz CT molecular complexity index is 339. The van der Waals surface area contributed by atoms with Crippen molar-refractivity contribution in [2.24, 2.45) is 0 Å². The van der Waals surface area contributed by atoms with E-state index in [0.717, 1.165) is 0 Å². The highest BCUT2D eigenvalue weighted by molar-refractivity contribution is 7.71. The molecule has 0 aromatic carbocycles. The number of rotatable bonds is 2. The van der Waals surface area contributed by atoms with Gasteiger partial charge in [0.2, 0.25) is 10.9 Å². The molecule has 64 valence electrons. The van der Waals surface area contributed by atoms with Gasteiger partial charge < -0.3 is 0 Å². The molecule has 12 heavy (non-hydrogen) atoms. The first-order chi connectivity index (χ1) is 5.70. The van der Waals surface area contributed by atoms with E-state index in [1.165, 1.54) is 18.5 Å². The molecule has 0 aliphatic carbocycles. The minimum atomic E-state index is -2.89. The maximum absolute atomic E-state index is 10.9. The number of carbonyl (C=O) groups is 1. The summed E-state index contributed by atoms with van der Waals surface area (Å²) in [6.07, 6.45) is 2.78. The van der Waals surface area contributed by atoms with Crippen molar-refractivity contribution in [3.05, 3.63) is 30.1 Å². The zero-order valence-corrected chi connectivity index (χ0v) is 6.82. The van der Waals surface area contributed by atoms with Gasteiger partial charge in [0.15, 0.2) is 0 Å². The summed E-state index contributed by atoms with van der Waals surface area (Å²) in [5.74, 6) is -0.667. The topological polar surface area (TPSA) is 76.1 Å². The second-order valence-electron chi connectivity index (χ2n) is 1.94. The molecule has 0 fully saturated rings. The summed E-state index contributed by atoms with van der Waals surface area (Å²) in [5.41, 5.74) is 0.219. The zero-order valence-electron chi connectivity index (χ0n) is 5.93. The van der Waals surface area contributed by atoms with Crippen LogP contribution in [0.3, 0.4) is 0 Å². The molecule has 1 aromatic rings. The molecule has 0 saturated carbocycles. The zero-order chi connectivity index (χ0) is 8.97. The highest BCUT2D eigenvalue weighted by Gasteiger charge is 2.03. The molecule has 0 aliphatic heterocycles. The number of pyridine rings is 1. The van der Waals surface area contributed by atoms with Crippen molar-refractivity contribution in [3.8, 4) is 0 Å². The van der Waals surface area contributed by atoms with E-state index in [1.54, 1.807) is 10.8 Å². The van der Waals surface area contributed by atoms with Gasteiger partial charge in [0.05, 0.1) is 5.56 Å². The van der Waals surface area contributed by atoms with Crippen LogP contribution in [0, 0.1) is 0 Å². The number of nitrogens with one attached hydrogen (secondary N) is 1. The van der Waals surface area contributed by atoms with Gasteiger partial charge in [-0.3, -0.25) is 14.5 Å². The lowest BCUT2D eigenvalue weighted by molar-refractivity contribution is 0.0982. The molecule has 0 bridgehead atoms. The van der Waals surface area contributed by atoms with E-state index in [9.17, 15) is 13.2 Å². The van der Waals surface area contributed by atoms with Gasteiger partial charge in [-0.15, -0.1) is 0 Å². The summed E-state index contributed by atoms with van der Waals surface area (Å²) in [6.45, 7) is 0. The quantitative estimate of drug-likeness (QED) is 0.601. The van der Waals surface area contributed by atoms with Crippen LogP contribution in [0.15, 0.2) is 24.5 Å². The number of amides is 1. The third-order valence-corrected chi connectivity index (χ3v) is 1.50. The average molecular weight is 186 g/mol. The van der Waals surface area contributed by atoms with E-state index in [2.05, 4.69) is 4.98 Å². The Balaban J connectivity index is 2.79. The lowest BCUT2D eigenvalue weighted by Gasteiger charge is -1.95. The fraction of sp³-hybridized carbons (Fsp3) is 0. The first-order valence-corrected chi connectivity index (χ1v) is 4.23. The number of nitrogens with zero attached hydrogens (tertiary/aromatic N) is 1. The highest BCUT2D eigenvalue weighted by atomic mass is 32.2. The number of aromatic nitrogens is 1. The van der Waals surface area contributed by atoms with E-state index in [0.29, 0.717) is 0 Å². The molecule has 6 heteroatoms. The van der Waals surface area contributed by atoms with Gasteiger partial charge in [0, 0.05) is 12.4 Å². The van der Waals surface area contributed by atoms with Crippen LogP contribution in [0.2, 0.25) is 0 Å². The second-order valence-corrected chi connectivity index (χ2v) is 2.68. The van der Waals surface area contributed by atoms with Crippen molar-refractivity contribution >= 4 is 16.8 Å². The molecule has 1 N–H and O–H groups in total. The van der Waals surface area contributed by atoms with Crippen LogP contribution in [-0.2, 0) is 10.9 Å². The third-order valence-electron chi connectivity index (χ3n) is 1.12. The third kappa shape index (κ3) is 2.31. The fourth-order valence-electron chi connectivity index (χ4n) is 0.645. The monoisotopic (exact) mass is 186 g/mol. The van der Waals surface area contributed by atoms with Crippen LogP contribution < -0.4 is 4.72 Å². The van der Waals surface area contributed by atoms with Crippen molar-refractivity contribution in [1.82, 2.24) is 9.71 Å². The Hall–Kier alpha value is -1.43. The minimum absolute atomic E-state index is 0.219. The van der Waals surface area contributed by atoms with Crippen molar-refractivity contribution in [3.63, 3.8) is 0 Å². The normalized spacial score (nSPS) is 9.75. The van der Waals surface area contributed by atoms with Crippen LogP contribution in [0.5, 0.6) is 0 Å². The maximum Gasteiger partial charge on any atom is 0.266 e. The second kappa shape index (κ2) is 3.82. The first-order valence-electron chi connectivity index (χ1n) is 3.05. The van der Waals surface area contributed by atoms with Gasteiger partial charge in [-0.25, -0.2) is 8.42 Å². The Morgan fingerprint density at radius 2 is 2.25 bits per heavy atom. The molecule has 1 rings (SSSR count). The maximum atomic E-state index is 10.9. The predicted octanol–water partition coefficient (Wildman–Crippen LogP) is -0.662. The molecule has 1 aromatic heterocycles. The summed E-state index contributed by atoms with van der Waals surface area (Å²) in [6, 6.07) is 3.02. The van der Waals surface area contributed by atoms with E-state index in [-0.39, 0.29) is 5.56 Å². The SMILES string of the molecule is O=C(N[SH](=O)=O)c1cccnc1. The van der Waals surface area contributed by atoms with Gasteiger partial charge in [-0.1, -0.05) is 0 Å². The van der Waals surface area contributed by atoms with Crippen molar-refractivity contribution < 1.29 is 13.2 Å². The number of carbonyl (C=O) groups excluding carboxylic acids is 1. The van der Waals surface area contributed by atoms with E-state index < -0.39 is 16.8 Å². The van der Waals surface area contributed by atoms with Crippen LogP contribution in [0.4, 0.5) is 0 Å². The average Bonchev–Trinajstić information content (AvgIpc) is 2.05. The minimum Gasteiger partial charge on any atom is -0.268 e. The van der Waals surface area contributed by atoms with Gasteiger partial charge >= 0.3 is 0 Å². The molecule has 0 atom stereocenters. The molecule has 0 spiro atoms. The lowest BCUT2D eigenvalue weighted by Crippen LogP contribution is -2.21. The molecule has 1 amide bonds. The highest BCUT2D eigenvalue weighted by Crippen LogP contribution is 1.93. The summed E-state index contributed by atoms with van der Waals surface area (Å²) in [5, 5.41) is 0. The van der Waals surface area contributed by atoms with Gasteiger partial charge in [-0.2, -0.15) is 0 Å². The standard InChI is InChI=1S/C6H6N2O3S/c9-6(8-12(10)11)5-2-1-3-7-4-5/h1-4,12H,(H,8,9,10,11). The number of hydrogen-bond donors (Lipinski definition) is 2. The van der Waals surface area contributed by atoms with Crippen LogP contribution in [-0.4, -0.2) is 19.3 Å². The van der Waals surface area contributed by atoms with Gasteiger partial charge in [-0.05, 0) is 12.1 Å². The molecular weight excluding hydrogens is 180 g/mol. The summed E-state index contributed by atoms with van der Waals surface area (Å²) in [4.78, 5) is 14.6. The van der Waals surface area contributed by atoms with Crippen LogP contribution >= 0.6 is 0 Å². The molecule has 0 aliphatic rings. The van der Waals surface area contributed by atoms with Gasteiger partial charge in [0.1, 0.15) is 0 Å². The van der Waals surface area contributed by atoms with E-state index in [4.69, 9.17) is 0 Å². The van der Waals surface area contributed by atoms with Crippen molar-refractivity contribution in [1.29, 1.82) is 0 Å². The molecule has 0 radical (unpaired) electrons. The molecule has 1 heterocycles. The summed E-state index contributed by atoms with van der Waals surface area (Å²) in [7, 11) is -2.89. The smallest absolute Gasteiger partial charge is 0.266 e. The van der Waals surface area contributed by atoms with Crippen LogP contribution in [0.1, 0.15) is 10.4 Å².